The minimum absolute atomic E-state index is 0.0332. The van der Waals surface area contributed by atoms with Crippen molar-refractivity contribution in [1.29, 1.82) is 0 Å². The van der Waals surface area contributed by atoms with E-state index in [1.807, 2.05) is 19.2 Å². The molecule has 2 aromatic rings. The number of nitrogens with zero attached hydrogens (tertiary/aromatic N) is 2. The quantitative estimate of drug-likeness (QED) is 0.810. The van der Waals surface area contributed by atoms with Crippen LogP contribution in [0.5, 0.6) is 0 Å². The third-order valence-corrected chi connectivity index (χ3v) is 3.42. The molecule has 0 saturated carbocycles. The van der Waals surface area contributed by atoms with Crippen molar-refractivity contribution in [3.63, 3.8) is 0 Å². The van der Waals surface area contributed by atoms with Crippen LogP contribution in [-0.4, -0.2) is 29.1 Å². The average molecular weight is 327 g/mol. The topological polar surface area (TPSA) is 52.8 Å². The van der Waals surface area contributed by atoms with Crippen molar-refractivity contribution in [3.05, 3.63) is 34.2 Å². The monoisotopic (exact) mass is 326 g/mol. The van der Waals surface area contributed by atoms with Crippen LogP contribution in [0.1, 0.15) is 36.0 Å². The van der Waals surface area contributed by atoms with Crippen LogP contribution in [0.25, 0.3) is 5.65 Å². The predicted octanol–water partition coefficient (Wildman–Crippen LogP) is 2.98. The zero-order valence-corrected chi connectivity index (χ0v) is 12.6. The normalized spacial score (nSPS) is 12.6. The highest BCUT2D eigenvalue weighted by Crippen LogP contribution is 2.24. The fourth-order valence-corrected chi connectivity index (χ4v) is 2.30. The van der Waals surface area contributed by atoms with Crippen LogP contribution >= 0.6 is 15.9 Å². The third-order valence-electron chi connectivity index (χ3n) is 2.83. The summed E-state index contributed by atoms with van der Waals surface area (Å²) in [5, 5.41) is 0. The number of ether oxygens (including phenoxy) is 2. The zero-order valence-electron chi connectivity index (χ0n) is 11.0. The molecule has 0 fully saturated rings. The largest absolute Gasteiger partial charge is 0.461 e. The number of hydrogen-bond acceptors (Lipinski definition) is 4. The minimum Gasteiger partial charge on any atom is -0.461 e. The van der Waals surface area contributed by atoms with Gasteiger partial charge in [-0.2, -0.15) is 0 Å². The van der Waals surface area contributed by atoms with Gasteiger partial charge in [0.2, 0.25) is 0 Å². The molecule has 6 heteroatoms. The first-order chi connectivity index (χ1) is 9.06. The van der Waals surface area contributed by atoms with E-state index in [0.29, 0.717) is 17.9 Å². The highest BCUT2D eigenvalue weighted by molar-refractivity contribution is 9.10. The summed E-state index contributed by atoms with van der Waals surface area (Å²) in [6, 6.07) is 1.94. The summed E-state index contributed by atoms with van der Waals surface area (Å²) in [4.78, 5) is 15.9. The van der Waals surface area contributed by atoms with E-state index in [1.54, 1.807) is 24.6 Å². The fraction of sp³-hybridized carbons (Fsp3) is 0.385. The van der Waals surface area contributed by atoms with Crippen LogP contribution in [0.2, 0.25) is 0 Å². The van der Waals surface area contributed by atoms with Gasteiger partial charge in [0.1, 0.15) is 0 Å². The molecular formula is C13H15BrN2O3. The van der Waals surface area contributed by atoms with Gasteiger partial charge < -0.3 is 13.9 Å². The molecule has 19 heavy (non-hydrogen) atoms. The van der Waals surface area contributed by atoms with Gasteiger partial charge in [-0.15, -0.1) is 0 Å². The molecule has 102 valence electrons. The zero-order chi connectivity index (χ0) is 14.0. The molecule has 5 nitrogen and oxygen atoms in total. The number of esters is 1. The molecule has 2 heterocycles. The lowest BCUT2D eigenvalue weighted by Gasteiger charge is -2.10. The lowest BCUT2D eigenvalue weighted by Crippen LogP contribution is -2.04. The van der Waals surface area contributed by atoms with E-state index < -0.39 is 5.97 Å². The van der Waals surface area contributed by atoms with Gasteiger partial charge in [0, 0.05) is 19.5 Å². The lowest BCUT2D eigenvalue weighted by molar-refractivity contribution is 0.0520. The second kappa shape index (κ2) is 5.71. The van der Waals surface area contributed by atoms with Gasteiger partial charge in [-0.05, 0) is 41.4 Å². The summed E-state index contributed by atoms with van der Waals surface area (Å²) in [5.74, 6) is -0.417. The number of carbonyl (C=O) groups is 1. The van der Waals surface area contributed by atoms with E-state index in [-0.39, 0.29) is 6.10 Å². The highest BCUT2D eigenvalue weighted by Gasteiger charge is 2.15. The van der Waals surface area contributed by atoms with Crippen LogP contribution in [-0.2, 0) is 9.47 Å². The first kappa shape index (κ1) is 14.0. The predicted molar refractivity (Wildman–Crippen MR) is 74.3 cm³/mol. The van der Waals surface area contributed by atoms with Crippen LogP contribution in [0.3, 0.4) is 0 Å². The standard InChI is InChI=1S/C13H15BrN2O3/c1-4-19-13(17)11-7-16-6-9(8(2)18-3)5-10(14)12(16)15-11/h5-8H,4H2,1-3H3/t8-/m1/s1. The van der Waals surface area contributed by atoms with Crippen molar-refractivity contribution in [3.8, 4) is 0 Å². The van der Waals surface area contributed by atoms with E-state index in [9.17, 15) is 4.79 Å². The molecule has 0 spiro atoms. The van der Waals surface area contributed by atoms with Gasteiger partial charge in [0.15, 0.2) is 11.3 Å². The fourth-order valence-electron chi connectivity index (χ4n) is 1.74. The van der Waals surface area contributed by atoms with E-state index in [4.69, 9.17) is 9.47 Å². The number of halogens is 1. The number of imidazole rings is 1. The Morgan fingerprint density at radius 2 is 2.26 bits per heavy atom. The lowest BCUT2D eigenvalue weighted by atomic mass is 10.2. The molecule has 0 unspecified atom stereocenters. The van der Waals surface area contributed by atoms with Crippen LogP contribution < -0.4 is 0 Å². The Hall–Kier alpha value is -1.40. The molecule has 0 aliphatic carbocycles. The van der Waals surface area contributed by atoms with Gasteiger partial charge in [-0.1, -0.05) is 0 Å². The van der Waals surface area contributed by atoms with Crippen molar-refractivity contribution in [2.45, 2.75) is 20.0 Å². The summed E-state index contributed by atoms with van der Waals surface area (Å²) in [6.45, 7) is 4.05. The van der Waals surface area contributed by atoms with Gasteiger partial charge in [-0.3, -0.25) is 0 Å². The average Bonchev–Trinajstić information content (AvgIpc) is 2.82. The molecule has 0 aromatic carbocycles. The third kappa shape index (κ3) is 2.79. The van der Waals surface area contributed by atoms with E-state index >= 15 is 0 Å². The minimum atomic E-state index is -0.417. The number of hydrogen-bond donors (Lipinski definition) is 0. The van der Waals surface area contributed by atoms with Gasteiger partial charge in [0.05, 0.1) is 17.2 Å². The molecule has 0 aliphatic rings. The Morgan fingerprint density at radius 3 is 2.89 bits per heavy atom. The van der Waals surface area contributed by atoms with E-state index in [0.717, 1.165) is 10.0 Å². The maximum atomic E-state index is 11.7. The maximum absolute atomic E-state index is 11.7. The molecule has 0 N–H and O–H groups in total. The Bertz CT molecular complexity index is 609. The molecule has 0 aliphatic heterocycles. The molecule has 0 amide bonds. The van der Waals surface area contributed by atoms with Gasteiger partial charge in [0.25, 0.3) is 0 Å². The molecule has 0 saturated heterocycles. The Morgan fingerprint density at radius 1 is 1.53 bits per heavy atom. The van der Waals surface area contributed by atoms with Crippen molar-refractivity contribution in [2.75, 3.05) is 13.7 Å². The van der Waals surface area contributed by atoms with Gasteiger partial charge >= 0.3 is 5.97 Å². The summed E-state index contributed by atoms with van der Waals surface area (Å²) in [6.07, 6.45) is 3.52. The molecule has 0 bridgehead atoms. The number of pyridine rings is 1. The molecule has 1 atom stereocenters. The van der Waals surface area contributed by atoms with Gasteiger partial charge in [-0.25, -0.2) is 9.78 Å². The molecular weight excluding hydrogens is 312 g/mol. The molecule has 2 aromatic heterocycles. The number of methoxy groups -OCH3 is 1. The molecule has 2 rings (SSSR count). The first-order valence-corrected chi connectivity index (χ1v) is 6.74. The summed E-state index contributed by atoms with van der Waals surface area (Å²) in [5.41, 5.74) is 1.97. The number of carbonyl (C=O) groups excluding carboxylic acids is 1. The maximum Gasteiger partial charge on any atom is 0.358 e. The van der Waals surface area contributed by atoms with Crippen LogP contribution in [0.15, 0.2) is 22.9 Å². The Kier molecular flexibility index (Phi) is 4.21. The van der Waals surface area contributed by atoms with E-state index in [1.165, 1.54) is 0 Å². The highest BCUT2D eigenvalue weighted by atomic mass is 79.9. The summed E-state index contributed by atoms with van der Waals surface area (Å²) < 4.78 is 12.8. The smallest absolute Gasteiger partial charge is 0.358 e. The summed E-state index contributed by atoms with van der Waals surface area (Å²) in [7, 11) is 1.65. The SMILES string of the molecule is CCOC(=O)c1cn2cc([C@@H](C)OC)cc(Br)c2n1. The number of fused-ring (bicyclic) bond motifs is 1. The second-order valence-electron chi connectivity index (χ2n) is 4.08. The van der Waals surface area contributed by atoms with Crippen molar-refractivity contribution < 1.29 is 14.3 Å². The van der Waals surface area contributed by atoms with Crippen molar-refractivity contribution in [2.24, 2.45) is 0 Å². The summed E-state index contributed by atoms with van der Waals surface area (Å²) >= 11 is 3.46. The second-order valence-corrected chi connectivity index (χ2v) is 4.93. The first-order valence-electron chi connectivity index (χ1n) is 5.94. The Labute approximate surface area is 119 Å². The van der Waals surface area contributed by atoms with E-state index in [2.05, 4.69) is 20.9 Å². The van der Waals surface area contributed by atoms with Crippen LogP contribution in [0.4, 0.5) is 0 Å². The van der Waals surface area contributed by atoms with Crippen molar-refractivity contribution in [1.82, 2.24) is 9.38 Å². The Balaban J connectivity index is 2.47. The number of aromatic nitrogens is 2. The van der Waals surface area contributed by atoms with Crippen molar-refractivity contribution >= 4 is 27.5 Å². The van der Waals surface area contributed by atoms with Crippen LogP contribution in [0, 0.1) is 0 Å². The number of rotatable bonds is 4. The molecule has 0 radical (unpaired) electrons.